The number of anilines is 8. The topological polar surface area (TPSA) is 9.72 Å². The molecule has 84 heavy (non-hydrogen) atoms. The van der Waals surface area contributed by atoms with Crippen LogP contribution in [-0.2, 0) is 44.4 Å². The Bertz CT molecular complexity index is 4150. The summed E-state index contributed by atoms with van der Waals surface area (Å²) < 4.78 is 0. The first-order valence-corrected chi connectivity index (χ1v) is 31.3. The number of para-hydroxylation sites is 1. The summed E-state index contributed by atoms with van der Waals surface area (Å²) in [6.45, 7) is 36.3. The highest BCUT2D eigenvalue weighted by atomic mass is 15.3. The highest BCUT2D eigenvalue weighted by Crippen LogP contribution is 2.64. The number of hydrogen-bond acceptors (Lipinski definition) is 3. The summed E-state index contributed by atoms with van der Waals surface area (Å²) in [6, 6.07) is 74.1. The predicted octanol–water partition coefficient (Wildman–Crippen LogP) is 19.6. The summed E-state index contributed by atoms with van der Waals surface area (Å²) in [4.78, 5) is 8.21. The van der Waals surface area contributed by atoms with E-state index in [4.69, 9.17) is 0 Å². The molecule has 2 aliphatic carbocycles. The van der Waals surface area contributed by atoms with Crippen LogP contribution in [0, 0.1) is 0 Å². The fourth-order valence-corrected chi connectivity index (χ4v) is 15.9. The van der Waals surface area contributed by atoms with Crippen molar-refractivity contribution in [1.82, 2.24) is 0 Å². The predicted molar refractivity (Wildman–Crippen MR) is 361 cm³/mol. The lowest BCUT2D eigenvalue weighted by Crippen LogP contribution is -2.62. The van der Waals surface area contributed by atoms with Crippen LogP contribution < -0.4 is 31.1 Å². The molecule has 0 bridgehead atoms. The molecule has 0 N–H and O–H groups in total. The second kappa shape index (κ2) is 18.5. The molecule has 2 unspecified atom stereocenters. The van der Waals surface area contributed by atoms with Crippen molar-refractivity contribution in [2.24, 2.45) is 0 Å². The van der Waals surface area contributed by atoms with Crippen LogP contribution in [0.4, 0.5) is 45.5 Å². The van der Waals surface area contributed by atoms with Crippen molar-refractivity contribution < 1.29 is 0 Å². The van der Waals surface area contributed by atoms with Crippen LogP contribution in [0.15, 0.2) is 188 Å². The molecule has 3 heterocycles. The van der Waals surface area contributed by atoms with Gasteiger partial charge in [-0.25, -0.2) is 0 Å². The Morgan fingerprint density at radius 1 is 0.369 bits per heavy atom. The van der Waals surface area contributed by atoms with Crippen molar-refractivity contribution in [3.63, 3.8) is 0 Å². The van der Waals surface area contributed by atoms with Crippen LogP contribution >= 0.6 is 0 Å². The summed E-state index contributed by atoms with van der Waals surface area (Å²) in [6.07, 6.45) is 4.42. The van der Waals surface area contributed by atoms with Gasteiger partial charge < -0.3 is 14.7 Å². The molecule has 9 aromatic carbocycles. The van der Waals surface area contributed by atoms with Gasteiger partial charge in [0.2, 0.25) is 0 Å². The molecule has 2 atom stereocenters. The zero-order valence-electron chi connectivity index (χ0n) is 52.6. The summed E-state index contributed by atoms with van der Waals surface area (Å²) in [5.74, 6) is 0. The van der Waals surface area contributed by atoms with Gasteiger partial charge in [0.25, 0.3) is 6.71 Å². The molecule has 3 aliphatic heterocycles. The molecule has 3 nitrogen and oxygen atoms in total. The average molecular weight is 1100 g/mol. The Balaban J connectivity index is 1.14. The van der Waals surface area contributed by atoms with Crippen LogP contribution in [0.5, 0.6) is 0 Å². The van der Waals surface area contributed by atoms with Gasteiger partial charge >= 0.3 is 0 Å². The number of aryl methyl sites for hydroxylation is 1. The molecule has 0 spiro atoms. The number of benzene rings is 9. The molecule has 0 saturated heterocycles. The van der Waals surface area contributed by atoms with E-state index in [1.54, 1.807) is 0 Å². The first-order chi connectivity index (χ1) is 39.8. The molecule has 0 fully saturated rings. The van der Waals surface area contributed by atoms with E-state index < -0.39 is 0 Å². The Morgan fingerprint density at radius 2 is 0.845 bits per heavy atom. The summed E-state index contributed by atoms with van der Waals surface area (Å²) >= 11 is 0. The van der Waals surface area contributed by atoms with Crippen molar-refractivity contribution in [2.75, 3.05) is 14.7 Å². The van der Waals surface area contributed by atoms with Crippen LogP contribution in [-0.4, -0.2) is 6.71 Å². The lowest BCUT2D eigenvalue weighted by Gasteiger charge is -2.51. The Hall–Kier alpha value is -7.56. The molecular weight excluding hydrogens is 1010 g/mol. The van der Waals surface area contributed by atoms with E-state index in [1.807, 2.05) is 0 Å². The first-order valence-electron chi connectivity index (χ1n) is 31.3. The van der Waals surface area contributed by atoms with Gasteiger partial charge in [-0.05, 0) is 198 Å². The van der Waals surface area contributed by atoms with E-state index >= 15 is 0 Å². The Labute approximate surface area is 502 Å². The molecule has 5 aliphatic rings. The maximum absolute atomic E-state index is 2.77. The Kier molecular flexibility index (Phi) is 12.0. The molecule has 0 amide bonds. The van der Waals surface area contributed by atoms with Crippen molar-refractivity contribution in [3.05, 3.63) is 233 Å². The third kappa shape index (κ3) is 8.04. The zero-order valence-corrected chi connectivity index (χ0v) is 52.6. The van der Waals surface area contributed by atoms with Crippen molar-refractivity contribution in [3.8, 4) is 22.3 Å². The summed E-state index contributed by atoms with van der Waals surface area (Å²) in [5, 5.41) is 0. The number of fused-ring (bicyclic) bond motifs is 10. The minimum absolute atomic E-state index is 0.0222. The molecule has 4 heteroatoms. The van der Waals surface area contributed by atoms with Crippen molar-refractivity contribution >= 4 is 68.6 Å². The van der Waals surface area contributed by atoms with E-state index in [-0.39, 0.29) is 44.7 Å². The van der Waals surface area contributed by atoms with Gasteiger partial charge in [-0.3, -0.25) is 0 Å². The third-order valence-corrected chi connectivity index (χ3v) is 21.2. The minimum Gasteiger partial charge on any atom is -0.330 e. The van der Waals surface area contributed by atoms with Crippen molar-refractivity contribution in [1.29, 1.82) is 0 Å². The lowest BCUT2D eigenvalue weighted by molar-refractivity contribution is 0.245. The van der Waals surface area contributed by atoms with E-state index in [2.05, 4.69) is 307 Å². The normalized spacial score (nSPS) is 19.8. The van der Waals surface area contributed by atoms with Gasteiger partial charge in [0.1, 0.15) is 0 Å². The van der Waals surface area contributed by atoms with E-state index in [0.717, 1.165) is 25.7 Å². The highest BCUT2D eigenvalue weighted by Gasteiger charge is 2.60. The quantitative estimate of drug-likeness (QED) is 0.159. The van der Waals surface area contributed by atoms with Gasteiger partial charge in [-0.1, -0.05) is 218 Å². The van der Waals surface area contributed by atoms with Gasteiger partial charge in [-0.15, -0.1) is 0 Å². The average Bonchev–Trinajstić information content (AvgIpc) is 1.32. The van der Waals surface area contributed by atoms with Gasteiger partial charge in [0, 0.05) is 50.7 Å². The molecule has 9 aromatic rings. The second-order valence-corrected chi connectivity index (χ2v) is 30.4. The third-order valence-electron chi connectivity index (χ3n) is 21.2. The van der Waals surface area contributed by atoms with E-state index in [1.165, 1.54) is 129 Å². The monoisotopic (exact) mass is 1100 g/mol. The largest absolute Gasteiger partial charge is 0.330 e. The minimum atomic E-state index is -0.356. The van der Waals surface area contributed by atoms with E-state index in [9.17, 15) is 0 Å². The maximum Gasteiger partial charge on any atom is 0.252 e. The zero-order chi connectivity index (χ0) is 58.8. The molecule has 14 rings (SSSR count). The van der Waals surface area contributed by atoms with Crippen LogP contribution in [0.3, 0.4) is 0 Å². The lowest BCUT2D eigenvalue weighted by atomic mass is 9.33. The second-order valence-electron chi connectivity index (χ2n) is 30.4. The molecule has 422 valence electrons. The summed E-state index contributed by atoms with van der Waals surface area (Å²) in [7, 11) is 0. The fourth-order valence-electron chi connectivity index (χ4n) is 15.9. The maximum atomic E-state index is 2.77. The molecule has 0 aromatic heterocycles. The number of nitrogens with zero attached hydrogens (tertiary/aromatic N) is 3. The number of hydrogen-bond donors (Lipinski definition) is 0. The smallest absolute Gasteiger partial charge is 0.252 e. The molecule has 0 radical (unpaired) electrons. The van der Waals surface area contributed by atoms with Gasteiger partial charge in [0.15, 0.2) is 0 Å². The Morgan fingerprint density at radius 3 is 1.40 bits per heavy atom. The van der Waals surface area contributed by atoms with Gasteiger partial charge in [-0.2, -0.15) is 0 Å². The van der Waals surface area contributed by atoms with E-state index in [0.29, 0.717) is 0 Å². The standard InChI is InChI=1S/C80H84BN3/c1-74(2,3)54-34-37-66(58(44-54)51-26-18-16-19-27-51)82-69-39-36-57(84-68-33-25-24-32-61(68)79(14)41-40-53-30-22-23-31-60(53)80(79,84)15)48-64(69)81-65-49-62-63(78(12,13)43-42-77(62,10)11)50-70(65)83(72-47-56(76(7,8)9)46-71(82)73(72)81)67-38-35-55(75(4,5)6)45-59(67)52-28-20-17-21-29-52/h16-39,44-50H,40-43H2,1-15H3. The fraction of sp³-hybridized carbons (Fsp3) is 0.325. The molecular formula is C80H84BN3. The van der Waals surface area contributed by atoms with Crippen LogP contribution in [0.1, 0.15) is 168 Å². The summed E-state index contributed by atoms with van der Waals surface area (Å²) in [5.41, 5.74) is 29.3. The first kappa shape index (κ1) is 54.4. The van der Waals surface area contributed by atoms with Crippen LogP contribution in [0.2, 0.25) is 0 Å². The van der Waals surface area contributed by atoms with Crippen molar-refractivity contribution in [2.45, 2.75) is 168 Å². The van der Waals surface area contributed by atoms with Gasteiger partial charge in [0.05, 0.1) is 16.9 Å². The SMILES string of the molecule is CC(C)(C)c1ccc(N2c3ccc(N4c5ccccc5C5(C)CCc6ccccc6C45C)cc3B3c4cc5c(cc4N(c4ccc(C(C)(C)C)cc4-c4ccccc4)c4cc(C(C)(C)C)cc2c43)C(C)(C)CCC5(C)C)c(-c2ccccc2)c1. The van der Waals surface area contributed by atoms with Crippen LogP contribution in [0.25, 0.3) is 22.3 Å². The molecule has 0 saturated carbocycles. The number of rotatable bonds is 5. The highest BCUT2D eigenvalue weighted by molar-refractivity contribution is 7.00.